The minimum Gasteiger partial charge on any atom is -0.444 e. The van der Waals surface area contributed by atoms with Crippen molar-refractivity contribution in [3.8, 4) is 0 Å². The van der Waals surface area contributed by atoms with Crippen molar-refractivity contribution in [1.82, 2.24) is 14.9 Å². The summed E-state index contributed by atoms with van der Waals surface area (Å²) in [5.41, 5.74) is 0.467. The summed E-state index contributed by atoms with van der Waals surface area (Å²) in [5.74, 6) is 0.915. The predicted molar refractivity (Wildman–Crippen MR) is 86.0 cm³/mol. The van der Waals surface area contributed by atoms with Crippen LogP contribution in [0.4, 0.5) is 10.6 Å². The molecule has 6 nitrogen and oxygen atoms in total. The maximum Gasteiger partial charge on any atom is 0.410 e. The van der Waals surface area contributed by atoms with Crippen LogP contribution in [0, 0.1) is 6.92 Å². The van der Waals surface area contributed by atoms with E-state index < -0.39 is 5.60 Å². The predicted octanol–water partition coefficient (Wildman–Crippen LogP) is 2.62. The molecule has 1 saturated heterocycles. The molecule has 0 atom stereocenters. The number of hydrogen-bond acceptors (Lipinski definition) is 5. The van der Waals surface area contributed by atoms with Crippen LogP contribution in [-0.4, -0.2) is 52.7 Å². The van der Waals surface area contributed by atoms with Crippen LogP contribution >= 0.6 is 0 Å². The minimum atomic E-state index is -0.455. The van der Waals surface area contributed by atoms with Crippen LogP contribution in [0.3, 0.4) is 0 Å². The molecule has 122 valence electrons. The number of carbonyl (C=O) groups is 1. The van der Waals surface area contributed by atoms with Crippen LogP contribution in [0.15, 0.2) is 12.4 Å². The molecule has 2 heterocycles. The van der Waals surface area contributed by atoms with E-state index in [0.29, 0.717) is 0 Å². The first-order valence-electron chi connectivity index (χ1n) is 7.75. The SMILES string of the molecule is Cc1cncc(N2CCC(N(C)C(=O)OC(C)(C)C)CC2)n1. The van der Waals surface area contributed by atoms with Crippen molar-refractivity contribution < 1.29 is 9.53 Å². The summed E-state index contributed by atoms with van der Waals surface area (Å²) >= 11 is 0. The molecule has 1 aliphatic heterocycles. The van der Waals surface area contributed by atoms with Gasteiger partial charge in [-0.25, -0.2) is 9.78 Å². The normalized spacial score (nSPS) is 16.5. The Kier molecular flexibility index (Phi) is 4.88. The van der Waals surface area contributed by atoms with Gasteiger partial charge in [-0.15, -0.1) is 0 Å². The summed E-state index contributed by atoms with van der Waals surface area (Å²) in [7, 11) is 1.82. The molecule has 2 rings (SSSR count). The smallest absolute Gasteiger partial charge is 0.410 e. The van der Waals surface area contributed by atoms with Gasteiger partial charge >= 0.3 is 6.09 Å². The van der Waals surface area contributed by atoms with E-state index >= 15 is 0 Å². The summed E-state index contributed by atoms with van der Waals surface area (Å²) < 4.78 is 5.43. The van der Waals surface area contributed by atoms with Gasteiger partial charge < -0.3 is 14.5 Å². The molecule has 0 aliphatic carbocycles. The number of ether oxygens (including phenoxy) is 1. The lowest BCUT2D eigenvalue weighted by atomic mass is 10.0. The second kappa shape index (κ2) is 6.50. The molecule has 0 saturated carbocycles. The Morgan fingerprint density at radius 3 is 2.50 bits per heavy atom. The Bertz CT molecular complexity index is 519. The first-order valence-corrected chi connectivity index (χ1v) is 7.75. The van der Waals surface area contributed by atoms with Crippen molar-refractivity contribution in [3.05, 3.63) is 18.1 Å². The highest BCUT2D eigenvalue weighted by atomic mass is 16.6. The van der Waals surface area contributed by atoms with E-state index in [0.717, 1.165) is 37.4 Å². The monoisotopic (exact) mass is 306 g/mol. The van der Waals surface area contributed by atoms with E-state index in [4.69, 9.17) is 4.74 Å². The highest BCUT2D eigenvalue weighted by Crippen LogP contribution is 2.21. The van der Waals surface area contributed by atoms with Crippen LogP contribution in [0.2, 0.25) is 0 Å². The van der Waals surface area contributed by atoms with Gasteiger partial charge in [0.15, 0.2) is 0 Å². The fourth-order valence-electron chi connectivity index (χ4n) is 2.57. The van der Waals surface area contributed by atoms with E-state index in [1.54, 1.807) is 17.3 Å². The summed E-state index contributed by atoms with van der Waals surface area (Å²) in [5, 5.41) is 0. The van der Waals surface area contributed by atoms with E-state index in [2.05, 4.69) is 14.9 Å². The van der Waals surface area contributed by atoms with Gasteiger partial charge in [0.2, 0.25) is 0 Å². The quantitative estimate of drug-likeness (QED) is 0.840. The number of aromatic nitrogens is 2. The minimum absolute atomic E-state index is 0.212. The number of piperidine rings is 1. The average molecular weight is 306 g/mol. The van der Waals surface area contributed by atoms with Crippen LogP contribution in [0.25, 0.3) is 0 Å². The third-order valence-corrected chi connectivity index (χ3v) is 3.76. The lowest BCUT2D eigenvalue weighted by Crippen LogP contribution is -2.47. The first kappa shape index (κ1) is 16.5. The fourth-order valence-corrected chi connectivity index (χ4v) is 2.57. The lowest BCUT2D eigenvalue weighted by Gasteiger charge is -2.37. The largest absolute Gasteiger partial charge is 0.444 e. The molecule has 0 aromatic carbocycles. The van der Waals surface area contributed by atoms with Crippen molar-refractivity contribution in [2.45, 2.75) is 52.2 Å². The molecule has 1 fully saturated rings. The molecule has 0 bridgehead atoms. The number of carbonyl (C=O) groups excluding carboxylic acids is 1. The van der Waals surface area contributed by atoms with Crippen molar-refractivity contribution in [1.29, 1.82) is 0 Å². The Labute approximate surface area is 132 Å². The van der Waals surface area contributed by atoms with Gasteiger partial charge in [0.05, 0.1) is 11.9 Å². The number of nitrogens with zero attached hydrogens (tertiary/aromatic N) is 4. The highest BCUT2D eigenvalue weighted by Gasteiger charge is 2.28. The standard InChI is InChI=1S/C16H26N4O2/c1-12-10-17-11-14(18-12)20-8-6-13(7-9-20)19(5)15(21)22-16(2,3)4/h10-11,13H,6-9H2,1-5H3. The van der Waals surface area contributed by atoms with Crippen molar-refractivity contribution in [3.63, 3.8) is 0 Å². The fraction of sp³-hybridized carbons (Fsp3) is 0.688. The third-order valence-electron chi connectivity index (χ3n) is 3.76. The zero-order valence-electron chi connectivity index (χ0n) is 14.2. The number of hydrogen-bond donors (Lipinski definition) is 0. The molecular formula is C16H26N4O2. The zero-order chi connectivity index (χ0) is 16.3. The molecule has 0 unspecified atom stereocenters. The molecule has 0 radical (unpaired) electrons. The van der Waals surface area contributed by atoms with Crippen molar-refractivity contribution in [2.24, 2.45) is 0 Å². The molecule has 0 spiro atoms. The third kappa shape index (κ3) is 4.32. The van der Waals surface area contributed by atoms with Gasteiger partial charge in [0.1, 0.15) is 11.4 Å². The summed E-state index contributed by atoms with van der Waals surface area (Å²) in [4.78, 5) is 24.8. The summed E-state index contributed by atoms with van der Waals surface area (Å²) in [6.45, 7) is 9.35. The lowest BCUT2D eigenvalue weighted by molar-refractivity contribution is 0.0201. The maximum atomic E-state index is 12.1. The zero-order valence-corrected chi connectivity index (χ0v) is 14.2. The number of anilines is 1. The van der Waals surface area contributed by atoms with Gasteiger partial charge in [-0.05, 0) is 40.5 Å². The van der Waals surface area contributed by atoms with E-state index in [-0.39, 0.29) is 12.1 Å². The van der Waals surface area contributed by atoms with Crippen LogP contribution in [-0.2, 0) is 4.74 Å². The Hall–Kier alpha value is -1.85. The van der Waals surface area contributed by atoms with Gasteiger partial charge in [0.25, 0.3) is 0 Å². The molecule has 1 amide bonds. The second-order valence-corrected chi connectivity index (χ2v) is 6.83. The van der Waals surface area contributed by atoms with Gasteiger partial charge in [-0.3, -0.25) is 4.98 Å². The molecule has 0 N–H and O–H groups in total. The maximum absolute atomic E-state index is 12.1. The van der Waals surface area contributed by atoms with Crippen molar-refractivity contribution in [2.75, 3.05) is 25.0 Å². The molecule has 6 heteroatoms. The van der Waals surface area contributed by atoms with Gasteiger partial charge in [0, 0.05) is 32.4 Å². The van der Waals surface area contributed by atoms with E-state index in [1.807, 2.05) is 34.7 Å². The van der Waals surface area contributed by atoms with Gasteiger partial charge in [-0.2, -0.15) is 0 Å². The Morgan fingerprint density at radius 1 is 1.32 bits per heavy atom. The first-order chi connectivity index (χ1) is 10.3. The summed E-state index contributed by atoms with van der Waals surface area (Å²) in [6, 6.07) is 0.212. The Morgan fingerprint density at radius 2 is 1.95 bits per heavy atom. The van der Waals surface area contributed by atoms with Crippen LogP contribution in [0.1, 0.15) is 39.3 Å². The molecule has 1 aromatic heterocycles. The highest BCUT2D eigenvalue weighted by molar-refractivity contribution is 5.68. The molecule has 1 aromatic rings. The number of amides is 1. The Balaban J connectivity index is 1.90. The number of rotatable bonds is 2. The number of aryl methyl sites for hydroxylation is 1. The summed E-state index contributed by atoms with van der Waals surface area (Å²) in [6.07, 6.45) is 5.12. The molecule has 22 heavy (non-hydrogen) atoms. The molecule has 1 aliphatic rings. The van der Waals surface area contributed by atoms with Crippen LogP contribution < -0.4 is 4.90 Å². The molecular weight excluding hydrogens is 280 g/mol. The van der Waals surface area contributed by atoms with Crippen LogP contribution in [0.5, 0.6) is 0 Å². The van der Waals surface area contributed by atoms with E-state index in [1.165, 1.54) is 0 Å². The van der Waals surface area contributed by atoms with Crippen molar-refractivity contribution >= 4 is 11.9 Å². The van der Waals surface area contributed by atoms with Gasteiger partial charge in [-0.1, -0.05) is 0 Å². The van der Waals surface area contributed by atoms with E-state index in [9.17, 15) is 4.79 Å². The topological polar surface area (TPSA) is 58.6 Å². The second-order valence-electron chi connectivity index (χ2n) is 6.83. The average Bonchev–Trinajstić information content (AvgIpc) is 2.45.